The average Bonchev–Trinajstić information content (AvgIpc) is 3.17. The van der Waals surface area contributed by atoms with Gasteiger partial charge in [-0.15, -0.1) is 0 Å². The van der Waals surface area contributed by atoms with Gasteiger partial charge in [0, 0.05) is 31.2 Å². The molecule has 0 aliphatic heterocycles. The van der Waals surface area contributed by atoms with Crippen molar-refractivity contribution < 1.29 is 22.7 Å². The zero-order valence-electron chi connectivity index (χ0n) is 16.0. The van der Waals surface area contributed by atoms with Crippen LogP contribution >= 0.6 is 0 Å². The second kappa shape index (κ2) is 8.37. The van der Waals surface area contributed by atoms with Crippen molar-refractivity contribution >= 4 is 16.0 Å². The van der Waals surface area contributed by atoms with E-state index in [9.17, 15) is 13.2 Å². The van der Waals surface area contributed by atoms with Gasteiger partial charge in [0.15, 0.2) is 0 Å². The van der Waals surface area contributed by atoms with Gasteiger partial charge in [-0.05, 0) is 18.2 Å². The minimum Gasteiger partial charge on any atom is -0.495 e. The van der Waals surface area contributed by atoms with E-state index in [0.717, 1.165) is 0 Å². The molecule has 0 bridgehead atoms. The van der Waals surface area contributed by atoms with Gasteiger partial charge < -0.3 is 9.47 Å². The predicted molar refractivity (Wildman–Crippen MR) is 103 cm³/mol. The maximum atomic E-state index is 12.9. The zero-order chi connectivity index (χ0) is 21.0. The maximum Gasteiger partial charge on any atom is 0.337 e. The Morgan fingerprint density at radius 3 is 2.62 bits per heavy atom. The maximum absolute atomic E-state index is 12.9. The molecule has 1 N–H and O–H groups in total. The molecule has 0 amide bonds. The molecule has 152 valence electrons. The summed E-state index contributed by atoms with van der Waals surface area (Å²) in [6, 6.07) is 4.02. The highest BCUT2D eigenvalue weighted by Crippen LogP contribution is 2.26. The molecule has 29 heavy (non-hydrogen) atoms. The van der Waals surface area contributed by atoms with Crippen LogP contribution in [0, 0.1) is 0 Å². The van der Waals surface area contributed by atoms with Crippen LogP contribution in [0.5, 0.6) is 5.75 Å². The summed E-state index contributed by atoms with van der Waals surface area (Å²) in [5.74, 6) is -0.561. The molecule has 0 aliphatic carbocycles. The van der Waals surface area contributed by atoms with E-state index < -0.39 is 16.0 Å². The monoisotopic (exact) mass is 417 g/mol. The minimum atomic E-state index is -4.03. The van der Waals surface area contributed by atoms with Gasteiger partial charge >= 0.3 is 5.97 Å². The largest absolute Gasteiger partial charge is 0.495 e. The molecule has 0 fully saturated rings. The molecule has 2 heterocycles. The van der Waals surface area contributed by atoms with Crippen LogP contribution in [0.15, 0.2) is 47.9 Å². The molecule has 11 heteroatoms. The number of carbonyl (C=O) groups is 1. The molecule has 0 spiro atoms. The molecule has 2 aromatic heterocycles. The zero-order valence-corrected chi connectivity index (χ0v) is 16.8. The molecule has 3 rings (SSSR count). The fourth-order valence-electron chi connectivity index (χ4n) is 2.65. The molecule has 10 nitrogen and oxygen atoms in total. The third-order valence-electron chi connectivity index (χ3n) is 4.06. The van der Waals surface area contributed by atoms with Gasteiger partial charge in [0.2, 0.25) is 10.0 Å². The Labute approximate surface area is 167 Å². The topological polar surface area (TPSA) is 125 Å². The van der Waals surface area contributed by atoms with Crippen molar-refractivity contribution in [2.75, 3.05) is 14.2 Å². The number of hydrogen-bond acceptors (Lipinski definition) is 8. The van der Waals surface area contributed by atoms with Crippen LogP contribution in [0.25, 0.3) is 11.3 Å². The second-order valence-corrected chi connectivity index (χ2v) is 7.67. The van der Waals surface area contributed by atoms with Gasteiger partial charge in [-0.2, -0.15) is 5.10 Å². The van der Waals surface area contributed by atoms with E-state index in [4.69, 9.17) is 4.74 Å². The first kappa shape index (κ1) is 20.4. The van der Waals surface area contributed by atoms with Crippen LogP contribution < -0.4 is 9.46 Å². The van der Waals surface area contributed by atoms with Gasteiger partial charge in [0.1, 0.15) is 10.6 Å². The van der Waals surface area contributed by atoms with E-state index in [1.807, 2.05) is 0 Å². The number of aryl methyl sites for hydroxylation is 1. The Hall–Kier alpha value is -3.31. The number of rotatable bonds is 7. The first-order valence-corrected chi connectivity index (χ1v) is 9.89. The highest BCUT2D eigenvalue weighted by molar-refractivity contribution is 7.89. The van der Waals surface area contributed by atoms with Gasteiger partial charge in [0.05, 0.1) is 43.9 Å². The lowest BCUT2D eigenvalue weighted by atomic mass is 10.2. The average molecular weight is 417 g/mol. The van der Waals surface area contributed by atoms with E-state index in [2.05, 4.69) is 24.5 Å². The summed E-state index contributed by atoms with van der Waals surface area (Å²) < 4.78 is 39.7. The molecule has 0 unspecified atom stereocenters. The lowest BCUT2D eigenvalue weighted by Crippen LogP contribution is -2.25. The Bertz CT molecular complexity index is 1140. The van der Waals surface area contributed by atoms with Crippen molar-refractivity contribution in [3.05, 3.63) is 54.2 Å². The van der Waals surface area contributed by atoms with Crippen LogP contribution in [0.3, 0.4) is 0 Å². The van der Waals surface area contributed by atoms with E-state index in [1.165, 1.54) is 44.8 Å². The number of methoxy groups -OCH3 is 2. The number of aromatic nitrogens is 4. The molecule has 3 aromatic rings. The number of nitrogens with zero attached hydrogens (tertiary/aromatic N) is 4. The van der Waals surface area contributed by atoms with Crippen LogP contribution in [0.1, 0.15) is 16.1 Å². The van der Waals surface area contributed by atoms with Crippen LogP contribution in [0.2, 0.25) is 0 Å². The molecular weight excluding hydrogens is 398 g/mol. The molecule has 0 saturated heterocycles. The van der Waals surface area contributed by atoms with E-state index in [-0.39, 0.29) is 22.8 Å². The fraction of sp³-hybridized carbons (Fsp3) is 0.222. The Morgan fingerprint density at radius 1 is 1.21 bits per heavy atom. The third-order valence-corrected chi connectivity index (χ3v) is 5.48. The molecule has 1 aromatic carbocycles. The number of carbonyl (C=O) groups excluding carboxylic acids is 1. The van der Waals surface area contributed by atoms with E-state index in [0.29, 0.717) is 17.0 Å². The van der Waals surface area contributed by atoms with Gasteiger partial charge in [-0.25, -0.2) is 17.9 Å². The van der Waals surface area contributed by atoms with Gasteiger partial charge in [-0.3, -0.25) is 14.6 Å². The number of esters is 1. The van der Waals surface area contributed by atoms with Crippen molar-refractivity contribution in [2.24, 2.45) is 7.05 Å². The second-order valence-electron chi connectivity index (χ2n) is 5.94. The lowest BCUT2D eigenvalue weighted by molar-refractivity contribution is 0.0600. The van der Waals surface area contributed by atoms with Crippen molar-refractivity contribution in [3.63, 3.8) is 0 Å². The summed E-state index contributed by atoms with van der Waals surface area (Å²) in [5, 5.41) is 4.10. The number of ether oxygens (including phenoxy) is 2. The lowest BCUT2D eigenvalue weighted by Gasteiger charge is -2.12. The van der Waals surface area contributed by atoms with Crippen molar-refractivity contribution in [3.8, 4) is 17.0 Å². The number of hydrogen-bond donors (Lipinski definition) is 1. The predicted octanol–water partition coefficient (Wildman–Crippen LogP) is 1.15. The third kappa shape index (κ3) is 4.41. The van der Waals surface area contributed by atoms with Crippen LogP contribution in [-0.4, -0.2) is 48.4 Å². The highest BCUT2D eigenvalue weighted by Gasteiger charge is 2.23. The van der Waals surface area contributed by atoms with Crippen molar-refractivity contribution in [1.29, 1.82) is 0 Å². The Kier molecular flexibility index (Phi) is 5.89. The van der Waals surface area contributed by atoms with E-state index in [1.54, 1.807) is 24.1 Å². The summed E-state index contributed by atoms with van der Waals surface area (Å²) >= 11 is 0. The minimum absolute atomic E-state index is 0.0872. The summed E-state index contributed by atoms with van der Waals surface area (Å²) in [6.07, 6.45) is 6.36. The Morgan fingerprint density at radius 2 is 1.97 bits per heavy atom. The highest BCUT2D eigenvalue weighted by atomic mass is 32.2. The van der Waals surface area contributed by atoms with Crippen LogP contribution in [-0.2, 0) is 28.4 Å². The number of nitrogens with one attached hydrogen (secondary N) is 1. The quantitative estimate of drug-likeness (QED) is 0.568. The SMILES string of the molecule is COC(=O)c1ccc(OC)c(S(=O)(=O)NCc2nccnc2-c2cnn(C)c2)c1. The molecule has 0 aliphatic rings. The molecule has 0 radical (unpaired) electrons. The first-order chi connectivity index (χ1) is 13.9. The summed E-state index contributed by atoms with van der Waals surface area (Å²) in [4.78, 5) is 20.1. The van der Waals surface area contributed by atoms with Crippen molar-refractivity contribution in [1.82, 2.24) is 24.5 Å². The Balaban J connectivity index is 1.91. The number of sulfonamides is 1. The van der Waals surface area contributed by atoms with Crippen LogP contribution in [0.4, 0.5) is 0 Å². The van der Waals surface area contributed by atoms with Gasteiger partial charge in [-0.1, -0.05) is 0 Å². The van der Waals surface area contributed by atoms with Gasteiger partial charge in [0.25, 0.3) is 0 Å². The summed E-state index contributed by atoms with van der Waals surface area (Å²) in [5.41, 5.74) is 1.73. The van der Waals surface area contributed by atoms with E-state index >= 15 is 0 Å². The summed E-state index contributed by atoms with van der Waals surface area (Å²) in [6.45, 7) is -0.119. The standard InChI is InChI=1S/C18H19N5O5S/c1-23-11-13(9-21-23)17-14(19-6-7-20-17)10-22-29(25,26)16-8-12(18(24)28-3)4-5-15(16)27-2/h4-9,11,22H,10H2,1-3H3. The fourth-order valence-corrected chi connectivity index (χ4v) is 3.83. The first-order valence-electron chi connectivity index (χ1n) is 8.40. The molecule has 0 atom stereocenters. The number of benzene rings is 1. The normalized spacial score (nSPS) is 11.3. The molecule has 0 saturated carbocycles. The molecular formula is C18H19N5O5S. The smallest absolute Gasteiger partial charge is 0.337 e. The van der Waals surface area contributed by atoms with Crippen molar-refractivity contribution in [2.45, 2.75) is 11.4 Å². The summed E-state index contributed by atoms with van der Waals surface area (Å²) in [7, 11) is 0.294.